The zero-order valence-corrected chi connectivity index (χ0v) is 17.4. The monoisotopic (exact) mass is 407 g/mol. The van der Waals surface area contributed by atoms with Crippen LogP contribution in [0.1, 0.15) is 25.0 Å². The molecule has 150 valence electrons. The van der Waals surface area contributed by atoms with E-state index in [1.165, 1.54) is 0 Å². The normalized spacial score (nSPS) is 10.2. The van der Waals surface area contributed by atoms with E-state index in [1.807, 2.05) is 56.3 Å². The van der Waals surface area contributed by atoms with Gasteiger partial charge >= 0.3 is 0 Å². The number of benzene rings is 3. The molecule has 0 saturated carbocycles. The minimum atomic E-state index is 0.0276. The fraction of sp³-hybridized carbons (Fsp3) is 0.136. The number of hydrogen-bond acceptors (Lipinski definition) is 5. The maximum Gasteiger partial charge on any atom is 0.176 e. The lowest BCUT2D eigenvalue weighted by Crippen LogP contribution is -2.01. The van der Waals surface area contributed by atoms with Gasteiger partial charge in [0.15, 0.2) is 5.84 Å². The van der Waals surface area contributed by atoms with Gasteiger partial charge in [0, 0.05) is 30.7 Å². The molecule has 3 aromatic rings. The summed E-state index contributed by atoms with van der Waals surface area (Å²) in [5, 5.41) is 17.8. The first-order valence-corrected chi connectivity index (χ1v) is 9.60. The van der Waals surface area contributed by atoms with Gasteiger partial charge < -0.3 is 15.3 Å². The molecule has 3 aromatic carbocycles. The van der Waals surface area contributed by atoms with Gasteiger partial charge in [-0.15, -0.1) is 5.11 Å². The van der Waals surface area contributed by atoms with Crippen molar-refractivity contribution in [2.24, 2.45) is 16.2 Å². The second kappa shape index (κ2) is 11.5. The highest BCUT2D eigenvalue weighted by molar-refractivity contribution is 7.75. The molecule has 0 atom stereocenters. The Morgan fingerprint density at radius 1 is 1.00 bits per heavy atom. The number of thiol groups is 1. The Labute approximate surface area is 176 Å². The Morgan fingerprint density at radius 2 is 1.62 bits per heavy atom. The van der Waals surface area contributed by atoms with Crippen LogP contribution in [0.2, 0.25) is 0 Å². The van der Waals surface area contributed by atoms with Gasteiger partial charge in [-0.05, 0) is 41.0 Å². The van der Waals surface area contributed by atoms with Gasteiger partial charge in [-0.2, -0.15) is 0 Å². The summed E-state index contributed by atoms with van der Waals surface area (Å²) in [6.07, 6.45) is 0. The molecule has 29 heavy (non-hydrogen) atoms. The summed E-state index contributed by atoms with van der Waals surface area (Å²) in [5.74, 6) is 5.74. The average molecular weight is 408 g/mol. The average Bonchev–Trinajstić information content (AvgIpc) is 2.80. The van der Waals surface area contributed by atoms with E-state index in [0.717, 1.165) is 22.4 Å². The lowest BCUT2D eigenvalue weighted by Gasteiger charge is -2.09. The first-order valence-electron chi connectivity index (χ1n) is 9.24. The third-order valence-corrected chi connectivity index (χ3v) is 4.25. The minimum absolute atomic E-state index is 0.0276. The van der Waals surface area contributed by atoms with Gasteiger partial charge in [-0.1, -0.05) is 67.6 Å². The molecule has 0 saturated heterocycles. The van der Waals surface area contributed by atoms with Crippen molar-refractivity contribution in [1.82, 2.24) is 0 Å². The quantitative estimate of drug-likeness (QED) is 0.0783. The summed E-state index contributed by atoms with van der Waals surface area (Å²) >= 11 is 3.79. The van der Waals surface area contributed by atoms with Crippen molar-refractivity contribution in [3.05, 3.63) is 83.9 Å². The lowest BCUT2D eigenvalue weighted by molar-refractivity contribution is 0.659. The van der Waals surface area contributed by atoms with E-state index in [-0.39, 0.29) is 5.84 Å². The predicted octanol–water partition coefficient (Wildman–Crippen LogP) is 5.87. The molecule has 7 heteroatoms. The Hall–Kier alpha value is -3.32. The van der Waals surface area contributed by atoms with E-state index in [9.17, 15) is 0 Å². The van der Waals surface area contributed by atoms with Crippen LogP contribution >= 0.6 is 12.9 Å². The van der Waals surface area contributed by atoms with Gasteiger partial charge in [-0.25, -0.2) is 0 Å². The van der Waals surface area contributed by atoms with Gasteiger partial charge in [0.05, 0.1) is 0 Å². The van der Waals surface area contributed by atoms with Crippen molar-refractivity contribution >= 4 is 24.4 Å². The highest BCUT2D eigenvalue weighted by atomic mass is 32.1. The third-order valence-electron chi connectivity index (χ3n) is 4.04. The molecule has 0 unspecified atom stereocenters. The van der Waals surface area contributed by atoms with E-state index in [4.69, 9.17) is 15.4 Å². The van der Waals surface area contributed by atoms with Crippen LogP contribution in [0.3, 0.4) is 0 Å². The number of amidine groups is 1. The molecule has 0 radical (unpaired) electrons. The molecule has 0 fully saturated rings. The molecule has 6 nitrogen and oxygen atoms in total. The molecule has 0 aromatic heterocycles. The minimum Gasteiger partial charge on any atom is -0.429 e. The fourth-order valence-electron chi connectivity index (χ4n) is 2.62. The number of hydrogen-bond donors (Lipinski definition) is 4. The summed E-state index contributed by atoms with van der Waals surface area (Å²) in [6.45, 7) is 4.67. The first kappa shape index (κ1) is 22.0. The number of anilines is 1. The van der Waals surface area contributed by atoms with Crippen LogP contribution in [-0.2, 0) is 6.54 Å². The molecule has 4 N–H and O–H groups in total. The van der Waals surface area contributed by atoms with Crippen molar-refractivity contribution in [1.29, 1.82) is 5.41 Å². The smallest absolute Gasteiger partial charge is 0.176 e. The highest BCUT2D eigenvalue weighted by Gasteiger charge is 2.03. The largest absolute Gasteiger partial charge is 0.429 e. The van der Waals surface area contributed by atoms with Crippen molar-refractivity contribution in [3.63, 3.8) is 0 Å². The Morgan fingerprint density at radius 3 is 2.21 bits per heavy atom. The van der Waals surface area contributed by atoms with Crippen molar-refractivity contribution < 1.29 is 4.18 Å². The molecule has 0 aliphatic heterocycles. The molecule has 0 aliphatic carbocycles. The molecule has 0 aliphatic rings. The zero-order chi connectivity index (χ0) is 21.1. The van der Waals surface area contributed by atoms with Crippen molar-refractivity contribution in [2.45, 2.75) is 20.4 Å². The second-order valence-electron chi connectivity index (χ2n) is 5.81. The van der Waals surface area contributed by atoms with Crippen molar-refractivity contribution in [3.8, 4) is 16.9 Å². The summed E-state index contributed by atoms with van der Waals surface area (Å²) in [7, 11) is 0. The predicted molar refractivity (Wildman–Crippen MR) is 122 cm³/mol. The third kappa shape index (κ3) is 6.36. The number of nitrogens with zero attached hydrogens (tertiary/aromatic N) is 2. The van der Waals surface area contributed by atoms with Crippen LogP contribution < -0.4 is 15.3 Å². The van der Waals surface area contributed by atoms with Gasteiger partial charge in [0.25, 0.3) is 0 Å². The molecule has 0 bridgehead atoms. The van der Waals surface area contributed by atoms with E-state index in [1.54, 1.807) is 6.07 Å². The number of nitrogens with one attached hydrogen (secondary N) is 2. The SMILES string of the molecule is CC.N=C(N=NN)c1cccc(NCc2ccc(-c3ccc(OS)cc3)cc2)c1. The Balaban J connectivity index is 0.00000145. The summed E-state index contributed by atoms with van der Waals surface area (Å²) in [4.78, 5) is 0. The number of nitrogens with two attached hydrogens (primary N) is 1. The molecule has 3 rings (SSSR count). The van der Waals surface area contributed by atoms with Crippen LogP contribution in [-0.4, -0.2) is 5.84 Å². The van der Waals surface area contributed by atoms with Gasteiger partial charge in [0.2, 0.25) is 0 Å². The summed E-state index contributed by atoms with van der Waals surface area (Å²) in [5.41, 5.74) is 4.95. The Kier molecular flexibility index (Phi) is 8.72. The lowest BCUT2D eigenvalue weighted by atomic mass is 10.0. The second-order valence-corrected chi connectivity index (χ2v) is 5.99. The van der Waals surface area contributed by atoms with E-state index in [0.29, 0.717) is 17.9 Å². The summed E-state index contributed by atoms with van der Waals surface area (Å²) in [6, 6.07) is 23.5. The molecule has 0 spiro atoms. The molecule has 0 amide bonds. The topological polar surface area (TPSA) is 95.9 Å². The van der Waals surface area contributed by atoms with E-state index >= 15 is 0 Å². The maximum absolute atomic E-state index is 7.77. The van der Waals surface area contributed by atoms with Gasteiger partial charge in [0.1, 0.15) is 5.75 Å². The Bertz CT molecular complexity index is 940. The zero-order valence-electron chi connectivity index (χ0n) is 16.5. The molecular formula is C22H25N5OS. The highest BCUT2D eigenvalue weighted by Crippen LogP contribution is 2.23. The van der Waals surface area contributed by atoms with E-state index < -0.39 is 0 Å². The summed E-state index contributed by atoms with van der Waals surface area (Å²) < 4.78 is 4.89. The van der Waals surface area contributed by atoms with Crippen LogP contribution in [0.4, 0.5) is 5.69 Å². The number of rotatable bonds is 6. The van der Waals surface area contributed by atoms with Crippen LogP contribution in [0.5, 0.6) is 5.75 Å². The van der Waals surface area contributed by atoms with Crippen LogP contribution in [0.15, 0.2) is 83.1 Å². The first-order chi connectivity index (χ1) is 14.2. The fourth-order valence-corrected chi connectivity index (χ4v) is 2.74. The molecular weight excluding hydrogens is 382 g/mol. The maximum atomic E-state index is 7.77. The van der Waals surface area contributed by atoms with Crippen LogP contribution in [0, 0.1) is 5.41 Å². The standard InChI is InChI=1S/C20H19N5OS.C2H6/c21-20(24-25-22)17-2-1-3-18(12-17)23-13-14-4-6-15(7-5-14)16-8-10-19(26-27)11-9-16;1-2/h1-12,23,27H,13H2,(H3,21,22,24);1-2H3. The molecule has 0 heterocycles. The van der Waals surface area contributed by atoms with Crippen LogP contribution in [0.25, 0.3) is 11.1 Å². The van der Waals surface area contributed by atoms with E-state index in [2.05, 4.69) is 52.8 Å². The van der Waals surface area contributed by atoms with Crippen molar-refractivity contribution in [2.75, 3.05) is 5.32 Å². The van der Waals surface area contributed by atoms with Gasteiger partial charge in [-0.3, -0.25) is 5.41 Å².